The van der Waals surface area contributed by atoms with Gasteiger partial charge in [0.1, 0.15) is 11.5 Å². The van der Waals surface area contributed by atoms with Crippen LogP contribution < -0.4 is 15.2 Å². The molecule has 1 aromatic rings. The quantitative estimate of drug-likeness (QED) is 0.621. The van der Waals surface area contributed by atoms with Gasteiger partial charge >= 0.3 is 0 Å². The van der Waals surface area contributed by atoms with Crippen molar-refractivity contribution < 1.29 is 13.9 Å². The van der Waals surface area contributed by atoms with Crippen molar-refractivity contribution in [1.29, 1.82) is 0 Å². The first-order valence-electron chi connectivity index (χ1n) is 4.12. The average molecular weight is 183 g/mol. The van der Waals surface area contributed by atoms with Crippen LogP contribution in [0.2, 0.25) is 0 Å². The van der Waals surface area contributed by atoms with E-state index in [-0.39, 0.29) is 5.69 Å². The van der Waals surface area contributed by atoms with Crippen LogP contribution in [0.1, 0.15) is 6.42 Å². The molecule has 1 aromatic carbocycles. The Morgan fingerprint density at radius 1 is 1.23 bits per heavy atom. The van der Waals surface area contributed by atoms with Crippen LogP contribution >= 0.6 is 0 Å². The van der Waals surface area contributed by atoms with Gasteiger partial charge in [-0.25, -0.2) is 4.39 Å². The lowest BCUT2D eigenvalue weighted by Crippen LogP contribution is -1.99. The van der Waals surface area contributed by atoms with Gasteiger partial charge < -0.3 is 15.2 Å². The highest BCUT2D eigenvalue weighted by Crippen LogP contribution is 2.36. The molecule has 4 heteroatoms. The fourth-order valence-electron chi connectivity index (χ4n) is 1.23. The van der Waals surface area contributed by atoms with Crippen molar-refractivity contribution in [1.82, 2.24) is 0 Å². The molecule has 0 atom stereocenters. The summed E-state index contributed by atoms with van der Waals surface area (Å²) in [5.41, 5.74) is 5.52. The van der Waals surface area contributed by atoms with Crippen LogP contribution in [0.25, 0.3) is 0 Å². The summed E-state index contributed by atoms with van der Waals surface area (Å²) < 4.78 is 23.6. The zero-order valence-corrected chi connectivity index (χ0v) is 7.05. The maximum absolute atomic E-state index is 13.0. The SMILES string of the molecule is Nc1c(F)ccc2c1OCCCO2. The molecule has 70 valence electrons. The van der Waals surface area contributed by atoms with E-state index >= 15 is 0 Å². The first-order valence-corrected chi connectivity index (χ1v) is 4.12. The summed E-state index contributed by atoms with van der Waals surface area (Å²) in [7, 11) is 0. The maximum Gasteiger partial charge on any atom is 0.187 e. The molecule has 1 heterocycles. The van der Waals surface area contributed by atoms with Crippen molar-refractivity contribution in [3.63, 3.8) is 0 Å². The second-order valence-corrected chi connectivity index (χ2v) is 2.84. The Kier molecular flexibility index (Phi) is 1.96. The summed E-state index contributed by atoms with van der Waals surface area (Å²) in [6.07, 6.45) is 0.787. The smallest absolute Gasteiger partial charge is 0.187 e. The molecule has 0 aliphatic carbocycles. The molecular weight excluding hydrogens is 173 g/mol. The van der Waals surface area contributed by atoms with E-state index in [1.807, 2.05) is 0 Å². The van der Waals surface area contributed by atoms with Crippen LogP contribution in [-0.2, 0) is 0 Å². The molecule has 0 amide bonds. The van der Waals surface area contributed by atoms with Crippen molar-refractivity contribution in [2.75, 3.05) is 18.9 Å². The van der Waals surface area contributed by atoms with Crippen molar-refractivity contribution >= 4 is 5.69 Å². The Balaban J connectivity index is 2.48. The van der Waals surface area contributed by atoms with Crippen molar-refractivity contribution in [2.45, 2.75) is 6.42 Å². The van der Waals surface area contributed by atoms with Crippen LogP contribution in [0.5, 0.6) is 11.5 Å². The third-order valence-electron chi connectivity index (χ3n) is 1.90. The van der Waals surface area contributed by atoms with Gasteiger partial charge in [0.2, 0.25) is 0 Å². The predicted molar refractivity (Wildman–Crippen MR) is 46.4 cm³/mol. The number of anilines is 1. The minimum absolute atomic E-state index is 0.0272. The monoisotopic (exact) mass is 183 g/mol. The molecule has 0 aromatic heterocycles. The number of rotatable bonds is 0. The topological polar surface area (TPSA) is 44.5 Å². The van der Waals surface area contributed by atoms with Gasteiger partial charge in [-0.1, -0.05) is 0 Å². The summed E-state index contributed by atoms with van der Waals surface area (Å²) >= 11 is 0. The summed E-state index contributed by atoms with van der Waals surface area (Å²) in [5.74, 6) is 0.387. The predicted octanol–water partition coefficient (Wildman–Crippen LogP) is 1.57. The molecule has 0 saturated carbocycles. The summed E-state index contributed by atoms with van der Waals surface area (Å²) in [6.45, 7) is 1.10. The summed E-state index contributed by atoms with van der Waals surface area (Å²) in [4.78, 5) is 0. The van der Waals surface area contributed by atoms with Crippen molar-refractivity contribution in [3.05, 3.63) is 17.9 Å². The number of hydrogen-bond acceptors (Lipinski definition) is 3. The molecule has 2 N–H and O–H groups in total. The second kappa shape index (κ2) is 3.12. The van der Waals surface area contributed by atoms with E-state index in [0.717, 1.165) is 6.42 Å². The molecule has 1 aliphatic rings. The van der Waals surface area contributed by atoms with E-state index in [9.17, 15) is 4.39 Å². The van der Waals surface area contributed by atoms with Crippen molar-refractivity contribution in [3.8, 4) is 11.5 Å². The van der Waals surface area contributed by atoms with Crippen LogP contribution in [0.4, 0.5) is 10.1 Å². The Bertz CT molecular complexity index is 328. The third-order valence-corrected chi connectivity index (χ3v) is 1.90. The Morgan fingerprint density at radius 2 is 2.00 bits per heavy atom. The number of hydrogen-bond donors (Lipinski definition) is 1. The van der Waals surface area contributed by atoms with Gasteiger partial charge in [0.05, 0.1) is 13.2 Å². The highest BCUT2D eigenvalue weighted by molar-refractivity contribution is 5.61. The van der Waals surface area contributed by atoms with Gasteiger partial charge in [0.15, 0.2) is 11.5 Å². The van der Waals surface area contributed by atoms with Crippen molar-refractivity contribution in [2.24, 2.45) is 0 Å². The number of benzene rings is 1. The molecule has 2 rings (SSSR count). The molecule has 0 unspecified atom stereocenters. The highest BCUT2D eigenvalue weighted by atomic mass is 19.1. The molecular formula is C9H10FNO2. The number of nitrogen functional groups attached to an aromatic ring is 1. The fraction of sp³-hybridized carbons (Fsp3) is 0.333. The van der Waals surface area contributed by atoms with E-state index < -0.39 is 5.82 Å². The third kappa shape index (κ3) is 1.39. The van der Waals surface area contributed by atoms with E-state index in [4.69, 9.17) is 15.2 Å². The molecule has 13 heavy (non-hydrogen) atoms. The van der Waals surface area contributed by atoms with E-state index in [0.29, 0.717) is 24.7 Å². The van der Waals surface area contributed by atoms with Crippen LogP contribution in [-0.4, -0.2) is 13.2 Å². The number of halogens is 1. The largest absolute Gasteiger partial charge is 0.489 e. The van der Waals surface area contributed by atoms with Gasteiger partial charge in [0, 0.05) is 6.42 Å². The number of ether oxygens (including phenoxy) is 2. The Hall–Kier alpha value is -1.45. The summed E-state index contributed by atoms with van der Waals surface area (Å²) in [6, 6.07) is 2.81. The minimum Gasteiger partial charge on any atom is -0.489 e. The van der Waals surface area contributed by atoms with Gasteiger partial charge in [-0.05, 0) is 12.1 Å². The molecule has 0 fully saturated rings. The fourth-order valence-corrected chi connectivity index (χ4v) is 1.23. The van der Waals surface area contributed by atoms with E-state index in [2.05, 4.69) is 0 Å². The molecule has 0 saturated heterocycles. The number of nitrogens with two attached hydrogens (primary N) is 1. The van der Waals surface area contributed by atoms with Crippen LogP contribution in [0.3, 0.4) is 0 Å². The van der Waals surface area contributed by atoms with Gasteiger partial charge in [-0.3, -0.25) is 0 Å². The zero-order valence-electron chi connectivity index (χ0n) is 7.05. The normalized spacial score (nSPS) is 15.2. The average Bonchev–Trinajstić information content (AvgIpc) is 2.36. The molecule has 0 bridgehead atoms. The Morgan fingerprint density at radius 3 is 2.85 bits per heavy atom. The summed E-state index contributed by atoms with van der Waals surface area (Å²) in [5, 5.41) is 0. The first kappa shape index (κ1) is 8.16. The lowest BCUT2D eigenvalue weighted by atomic mass is 10.2. The van der Waals surface area contributed by atoms with Gasteiger partial charge in [0.25, 0.3) is 0 Å². The number of fused-ring (bicyclic) bond motifs is 1. The van der Waals surface area contributed by atoms with Gasteiger partial charge in [-0.15, -0.1) is 0 Å². The van der Waals surface area contributed by atoms with Crippen LogP contribution in [0.15, 0.2) is 12.1 Å². The highest BCUT2D eigenvalue weighted by Gasteiger charge is 2.15. The first-order chi connectivity index (χ1) is 6.29. The Labute approximate surface area is 75.3 Å². The van der Waals surface area contributed by atoms with Crippen LogP contribution in [0, 0.1) is 5.82 Å². The molecule has 3 nitrogen and oxygen atoms in total. The minimum atomic E-state index is -0.468. The molecule has 0 spiro atoms. The van der Waals surface area contributed by atoms with E-state index in [1.165, 1.54) is 12.1 Å². The van der Waals surface area contributed by atoms with Gasteiger partial charge in [-0.2, -0.15) is 0 Å². The lowest BCUT2D eigenvalue weighted by Gasteiger charge is -2.09. The standard InChI is InChI=1S/C9H10FNO2/c10-6-2-3-7-9(8(6)11)13-5-1-4-12-7/h2-3H,1,4-5,11H2. The maximum atomic E-state index is 13.0. The second-order valence-electron chi connectivity index (χ2n) is 2.84. The molecule has 0 radical (unpaired) electrons. The van der Waals surface area contributed by atoms with E-state index in [1.54, 1.807) is 0 Å². The lowest BCUT2D eigenvalue weighted by molar-refractivity contribution is 0.297. The zero-order chi connectivity index (χ0) is 9.26. The molecule has 1 aliphatic heterocycles.